The standard InChI is InChI=1S/C15H13FN2OS/c1-8-13(5-4-11(17)15(8)16)19-10-3-6-14-12(7-10)18-9(2)20-14/h3-7H,17H2,1-2H3. The molecule has 0 spiro atoms. The Morgan fingerprint density at radius 1 is 1.20 bits per heavy atom. The van der Waals surface area contributed by atoms with E-state index in [0.29, 0.717) is 17.1 Å². The molecule has 0 bridgehead atoms. The lowest BCUT2D eigenvalue weighted by atomic mass is 10.2. The number of thiazole rings is 1. The van der Waals surface area contributed by atoms with E-state index in [4.69, 9.17) is 10.5 Å². The van der Waals surface area contributed by atoms with Gasteiger partial charge in [0.2, 0.25) is 0 Å². The second-order valence-corrected chi connectivity index (χ2v) is 5.79. The highest BCUT2D eigenvalue weighted by atomic mass is 32.1. The average Bonchev–Trinajstić information content (AvgIpc) is 2.79. The van der Waals surface area contributed by atoms with Gasteiger partial charge >= 0.3 is 0 Å². The Labute approximate surface area is 119 Å². The monoisotopic (exact) mass is 288 g/mol. The van der Waals surface area contributed by atoms with E-state index in [1.54, 1.807) is 24.3 Å². The van der Waals surface area contributed by atoms with Crippen molar-refractivity contribution in [3.05, 3.63) is 46.7 Å². The van der Waals surface area contributed by atoms with Crippen LogP contribution in [0.4, 0.5) is 10.1 Å². The fourth-order valence-corrected chi connectivity index (χ4v) is 2.82. The minimum absolute atomic E-state index is 0.125. The molecule has 20 heavy (non-hydrogen) atoms. The third kappa shape index (κ3) is 2.20. The Balaban J connectivity index is 1.98. The lowest BCUT2D eigenvalue weighted by molar-refractivity contribution is 0.472. The van der Waals surface area contributed by atoms with Gasteiger partial charge in [0.05, 0.1) is 20.9 Å². The van der Waals surface area contributed by atoms with Crippen molar-refractivity contribution in [3.8, 4) is 11.5 Å². The molecule has 2 N–H and O–H groups in total. The Hall–Kier alpha value is -2.14. The van der Waals surface area contributed by atoms with Crippen LogP contribution >= 0.6 is 11.3 Å². The van der Waals surface area contributed by atoms with Gasteiger partial charge in [0.1, 0.15) is 11.5 Å². The number of anilines is 1. The maximum absolute atomic E-state index is 13.7. The molecular formula is C15H13FN2OS. The van der Waals surface area contributed by atoms with Gasteiger partial charge < -0.3 is 10.5 Å². The summed E-state index contributed by atoms with van der Waals surface area (Å²) < 4.78 is 20.6. The molecule has 0 aliphatic heterocycles. The van der Waals surface area contributed by atoms with E-state index >= 15 is 0 Å². The maximum atomic E-state index is 13.7. The molecular weight excluding hydrogens is 275 g/mol. The summed E-state index contributed by atoms with van der Waals surface area (Å²) in [5.41, 5.74) is 6.94. The summed E-state index contributed by atoms with van der Waals surface area (Å²) in [5.74, 6) is 0.658. The number of nitrogen functional groups attached to an aromatic ring is 1. The van der Waals surface area contributed by atoms with Gasteiger partial charge in [-0.1, -0.05) is 0 Å². The first-order chi connectivity index (χ1) is 9.54. The molecule has 0 saturated heterocycles. The molecule has 3 nitrogen and oxygen atoms in total. The minimum atomic E-state index is -0.437. The zero-order chi connectivity index (χ0) is 14.3. The minimum Gasteiger partial charge on any atom is -0.457 e. The predicted octanol–water partition coefficient (Wildman–Crippen LogP) is 4.43. The summed E-state index contributed by atoms with van der Waals surface area (Å²) in [6.45, 7) is 3.61. The molecule has 0 atom stereocenters. The van der Waals surface area contributed by atoms with Crippen molar-refractivity contribution in [2.45, 2.75) is 13.8 Å². The lowest BCUT2D eigenvalue weighted by Crippen LogP contribution is -1.96. The van der Waals surface area contributed by atoms with Crippen LogP contribution in [0.2, 0.25) is 0 Å². The highest BCUT2D eigenvalue weighted by Gasteiger charge is 2.10. The number of hydrogen-bond acceptors (Lipinski definition) is 4. The molecule has 0 radical (unpaired) electrons. The first-order valence-corrected chi connectivity index (χ1v) is 6.96. The molecule has 3 aromatic rings. The predicted molar refractivity (Wildman–Crippen MR) is 80.0 cm³/mol. The van der Waals surface area contributed by atoms with E-state index in [0.717, 1.165) is 15.2 Å². The van der Waals surface area contributed by atoms with E-state index in [2.05, 4.69) is 4.98 Å². The smallest absolute Gasteiger partial charge is 0.152 e. The highest BCUT2D eigenvalue weighted by molar-refractivity contribution is 7.18. The number of benzene rings is 2. The topological polar surface area (TPSA) is 48.1 Å². The quantitative estimate of drug-likeness (QED) is 0.710. The Bertz CT molecular complexity index is 798. The molecule has 0 unspecified atom stereocenters. The second-order valence-electron chi connectivity index (χ2n) is 4.56. The van der Waals surface area contributed by atoms with Crippen LogP contribution in [-0.4, -0.2) is 4.98 Å². The number of fused-ring (bicyclic) bond motifs is 1. The zero-order valence-electron chi connectivity index (χ0n) is 11.1. The molecule has 5 heteroatoms. The summed E-state index contributed by atoms with van der Waals surface area (Å²) >= 11 is 1.63. The van der Waals surface area contributed by atoms with Crippen molar-refractivity contribution < 1.29 is 9.13 Å². The number of aromatic nitrogens is 1. The molecule has 3 rings (SSSR count). The number of nitrogens with zero attached hydrogens (tertiary/aromatic N) is 1. The van der Waals surface area contributed by atoms with Crippen molar-refractivity contribution in [3.63, 3.8) is 0 Å². The van der Waals surface area contributed by atoms with Gasteiger partial charge in [-0.05, 0) is 38.1 Å². The van der Waals surface area contributed by atoms with Crippen molar-refractivity contribution >= 4 is 27.2 Å². The number of halogens is 1. The second kappa shape index (κ2) is 4.76. The highest BCUT2D eigenvalue weighted by Crippen LogP contribution is 2.32. The number of nitrogens with two attached hydrogens (primary N) is 1. The van der Waals surface area contributed by atoms with Gasteiger partial charge in [0, 0.05) is 11.6 Å². The fourth-order valence-electron chi connectivity index (χ4n) is 2.01. The zero-order valence-corrected chi connectivity index (χ0v) is 11.9. The largest absolute Gasteiger partial charge is 0.457 e. The van der Waals surface area contributed by atoms with E-state index in [1.807, 2.05) is 25.1 Å². The van der Waals surface area contributed by atoms with Gasteiger partial charge in [-0.3, -0.25) is 0 Å². The van der Waals surface area contributed by atoms with E-state index in [9.17, 15) is 4.39 Å². The summed E-state index contributed by atoms with van der Waals surface area (Å²) in [5, 5.41) is 1.01. The molecule has 0 aliphatic carbocycles. The van der Waals surface area contributed by atoms with Crippen LogP contribution in [-0.2, 0) is 0 Å². The first kappa shape index (κ1) is 12.9. The number of aryl methyl sites for hydroxylation is 1. The van der Waals surface area contributed by atoms with Crippen molar-refractivity contribution in [2.24, 2.45) is 0 Å². The SMILES string of the molecule is Cc1nc2cc(Oc3ccc(N)c(F)c3C)ccc2s1. The molecule has 0 aliphatic rings. The van der Waals surface area contributed by atoms with Gasteiger partial charge in [-0.15, -0.1) is 11.3 Å². The summed E-state index contributed by atoms with van der Waals surface area (Å²) in [4.78, 5) is 4.41. The maximum Gasteiger partial charge on any atom is 0.152 e. The molecule has 0 amide bonds. The van der Waals surface area contributed by atoms with Crippen LogP contribution in [0.25, 0.3) is 10.2 Å². The Morgan fingerprint density at radius 2 is 2.00 bits per heavy atom. The van der Waals surface area contributed by atoms with Crippen LogP contribution in [0.15, 0.2) is 30.3 Å². The average molecular weight is 288 g/mol. The molecule has 1 aromatic heterocycles. The molecule has 102 valence electrons. The van der Waals surface area contributed by atoms with E-state index in [-0.39, 0.29) is 5.69 Å². The number of hydrogen-bond donors (Lipinski definition) is 1. The molecule has 1 heterocycles. The van der Waals surface area contributed by atoms with Crippen LogP contribution in [0, 0.1) is 19.7 Å². The van der Waals surface area contributed by atoms with E-state index in [1.165, 1.54) is 6.07 Å². The molecule has 0 fully saturated rings. The lowest BCUT2D eigenvalue weighted by Gasteiger charge is -2.10. The van der Waals surface area contributed by atoms with Crippen LogP contribution < -0.4 is 10.5 Å². The number of rotatable bonds is 2. The van der Waals surface area contributed by atoms with Gasteiger partial charge in [-0.25, -0.2) is 9.37 Å². The molecule has 0 saturated carbocycles. The van der Waals surface area contributed by atoms with Crippen molar-refractivity contribution in [2.75, 3.05) is 5.73 Å². The van der Waals surface area contributed by atoms with Crippen molar-refractivity contribution in [1.82, 2.24) is 4.98 Å². The third-order valence-electron chi connectivity index (χ3n) is 3.06. The van der Waals surface area contributed by atoms with Crippen LogP contribution in [0.5, 0.6) is 11.5 Å². The van der Waals surface area contributed by atoms with Crippen LogP contribution in [0.3, 0.4) is 0 Å². The van der Waals surface area contributed by atoms with Gasteiger partial charge in [0.25, 0.3) is 0 Å². The number of ether oxygens (including phenoxy) is 1. The van der Waals surface area contributed by atoms with Crippen LogP contribution in [0.1, 0.15) is 10.6 Å². The van der Waals surface area contributed by atoms with Gasteiger partial charge in [-0.2, -0.15) is 0 Å². The summed E-state index contributed by atoms with van der Waals surface area (Å²) in [6.07, 6.45) is 0. The Kier molecular flexibility index (Phi) is 3.06. The van der Waals surface area contributed by atoms with E-state index < -0.39 is 5.82 Å². The normalized spacial score (nSPS) is 10.9. The summed E-state index contributed by atoms with van der Waals surface area (Å²) in [7, 11) is 0. The van der Waals surface area contributed by atoms with Gasteiger partial charge in [0.15, 0.2) is 5.82 Å². The van der Waals surface area contributed by atoms with Crippen molar-refractivity contribution in [1.29, 1.82) is 0 Å². The fraction of sp³-hybridized carbons (Fsp3) is 0.133. The molecule has 2 aromatic carbocycles. The Morgan fingerprint density at radius 3 is 2.80 bits per heavy atom. The first-order valence-electron chi connectivity index (χ1n) is 6.14. The summed E-state index contributed by atoms with van der Waals surface area (Å²) in [6, 6.07) is 8.84. The third-order valence-corrected chi connectivity index (χ3v) is 4.01.